The van der Waals surface area contributed by atoms with Gasteiger partial charge in [-0.05, 0) is 41.4 Å². The SMILES string of the molecule is CC1CCN1c1c(Br)cccc1C(=O)O. The van der Waals surface area contributed by atoms with E-state index in [4.69, 9.17) is 5.11 Å². The monoisotopic (exact) mass is 269 g/mol. The maximum atomic E-state index is 11.1. The molecule has 1 aromatic rings. The highest BCUT2D eigenvalue weighted by atomic mass is 79.9. The van der Waals surface area contributed by atoms with E-state index in [-0.39, 0.29) is 0 Å². The molecule has 1 saturated heterocycles. The number of carboxylic acid groups (broad SMARTS) is 1. The number of carbonyl (C=O) groups is 1. The van der Waals surface area contributed by atoms with Crippen molar-refractivity contribution >= 4 is 27.6 Å². The molecule has 0 saturated carbocycles. The van der Waals surface area contributed by atoms with Crippen LogP contribution in [0.1, 0.15) is 23.7 Å². The molecule has 15 heavy (non-hydrogen) atoms. The van der Waals surface area contributed by atoms with Gasteiger partial charge in [0.1, 0.15) is 0 Å². The highest BCUT2D eigenvalue weighted by Gasteiger charge is 2.28. The minimum atomic E-state index is -0.870. The predicted octanol–water partition coefficient (Wildman–Crippen LogP) is 2.75. The molecule has 80 valence electrons. The number of halogens is 1. The molecule has 1 atom stereocenters. The summed E-state index contributed by atoms with van der Waals surface area (Å²) in [5, 5.41) is 9.10. The van der Waals surface area contributed by atoms with Crippen LogP contribution in [-0.4, -0.2) is 23.7 Å². The number of nitrogens with zero attached hydrogens (tertiary/aromatic N) is 1. The lowest BCUT2D eigenvalue weighted by Crippen LogP contribution is -2.46. The normalized spacial score (nSPS) is 19.9. The molecule has 0 amide bonds. The molecule has 1 fully saturated rings. The molecule has 1 aromatic carbocycles. The van der Waals surface area contributed by atoms with Crippen LogP contribution in [0.5, 0.6) is 0 Å². The largest absolute Gasteiger partial charge is 0.478 e. The number of aromatic carboxylic acids is 1. The van der Waals surface area contributed by atoms with Gasteiger partial charge in [-0.2, -0.15) is 0 Å². The minimum Gasteiger partial charge on any atom is -0.478 e. The first-order valence-corrected chi connectivity index (χ1v) is 5.69. The molecule has 1 heterocycles. The zero-order valence-corrected chi connectivity index (χ0v) is 9.99. The molecule has 2 rings (SSSR count). The van der Waals surface area contributed by atoms with Gasteiger partial charge in [0.15, 0.2) is 0 Å². The maximum absolute atomic E-state index is 11.1. The van der Waals surface area contributed by atoms with Crippen molar-refractivity contribution in [1.29, 1.82) is 0 Å². The van der Waals surface area contributed by atoms with Gasteiger partial charge < -0.3 is 10.0 Å². The Balaban J connectivity index is 2.47. The highest BCUT2D eigenvalue weighted by Crippen LogP contribution is 2.35. The summed E-state index contributed by atoms with van der Waals surface area (Å²) in [6, 6.07) is 5.71. The van der Waals surface area contributed by atoms with Gasteiger partial charge >= 0.3 is 5.97 Å². The van der Waals surface area contributed by atoms with Crippen LogP contribution >= 0.6 is 15.9 Å². The van der Waals surface area contributed by atoms with Crippen LogP contribution in [-0.2, 0) is 0 Å². The molecule has 0 aliphatic carbocycles. The Hall–Kier alpha value is -1.03. The van der Waals surface area contributed by atoms with Crippen LogP contribution in [0.15, 0.2) is 22.7 Å². The number of hydrogen-bond donors (Lipinski definition) is 1. The van der Waals surface area contributed by atoms with E-state index in [2.05, 4.69) is 27.8 Å². The second kappa shape index (κ2) is 3.85. The van der Waals surface area contributed by atoms with E-state index in [1.807, 2.05) is 6.07 Å². The summed E-state index contributed by atoms with van der Waals surface area (Å²) >= 11 is 3.41. The third kappa shape index (κ3) is 1.74. The lowest BCUT2D eigenvalue weighted by Gasteiger charge is -2.42. The van der Waals surface area contributed by atoms with E-state index in [1.54, 1.807) is 12.1 Å². The van der Waals surface area contributed by atoms with Crippen molar-refractivity contribution in [2.24, 2.45) is 0 Å². The van der Waals surface area contributed by atoms with Gasteiger partial charge in [0.2, 0.25) is 0 Å². The average molecular weight is 270 g/mol. The van der Waals surface area contributed by atoms with Crippen LogP contribution in [0.3, 0.4) is 0 Å². The molecule has 0 aromatic heterocycles. The predicted molar refractivity (Wildman–Crippen MR) is 62.5 cm³/mol. The number of hydrogen-bond acceptors (Lipinski definition) is 2. The minimum absolute atomic E-state index is 0.371. The second-order valence-electron chi connectivity index (χ2n) is 3.77. The van der Waals surface area contributed by atoms with Gasteiger partial charge in [-0.3, -0.25) is 0 Å². The van der Waals surface area contributed by atoms with Gasteiger partial charge in [0.25, 0.3) is 0 Å². The van der Waals surface area contributed by atoms with Crippen molar-refractivity contribution in [2.75, 3.05) is 11.4 Å². The lowest BCUT2D eigenvalue weighted by atomic mass is 10.0. The van der Waals surface area contributed by atoms with Crippen LogP contribution in [0.2, 0.25) is 0 Å². The summed E-state index contributed by atoms with van der Waals surface area (Å²) in [7, 11) is 0. The van der Waals surface area contributed by atoms with Gasteiger partial charge in [0.05, 0.1) is 11.3 Å². The molecule has 1 unspecified atom stereocenters. The summed E-state index contributed by atoms with van der Waals surface area (Å²) < 4.78 is 0.856. The lowest BCUT2D eigenvalue weighted by molar-refractivity contribution is 0.0697. The van der Waals surface area contributed by atoms with Crippen molar-refractivity contribution in [3.63, 3.8) is 0 Å². The van der Waals surface area contributed by atoms with Crippen molar-refractivity contribution in [1.82, 2.24) is 0 Å². The van der Waals surface area contributed by atoms with Gasteiger partial charge in [0, 0.05) is 17.1 Å². The molecule has 1 aliphatic heterocycles. The summed E-state index contributed by atoms with van der Waals surface area (Å²) in [4.78, 5) is 13.2. The van der Waals surface area contributed by atoms with Gasteiger partial charge in [-0.1, -0.05) is 6.07 Å². The van der Waals surface area contributed by atoms with Crippen LogP contribution in [0.4, 0.5) is 5.69 Å². The van der Waals surface area contributed by atoms with E-state index in [0.717, 1.165) is 23.1 Å². The Morgan fingerprint density at radius 1 is 1.60 bits per heavy atom. The van der Waals surface area contributed by atoms with Crippen LogP contribution < -0.4 is 4.90 Å². The summed E-state index contributed by atoms with van der Waals surface area (Å²) in [5.41, 5.74) is 1.18. The zero-order valence-electron chi connectivity index (χ0n) is 8.40. The van der Waals surface area contributed by atoms with Crippen molar-refractivity contribution in [3.05, 3.63) is 28.2 Å². The van der Waals surface area contributed by atoms with E-state index in [9.17, 15) is 4.79 Å². The third-order valence-electron chi connectivity index (χ3n) is 2.82. The smallest absolute Gasteiger partial charge is 0.337 e. The fourth-order valence-corrected chi connectivity index (χ4v) is 2.42. The fourth-order valence-electron chi connectivity index (χ4n) is 1.83. The summed E-state index contributed by atoms with van der Waals surface area (Å²) in [6.45, 7) is 3.04. The van der Waals surface area contributed by atoms with Crippen LogP contribution in [0, 0.1) is 0 Å². The number of para-hydroxylation sites is 1. The molecule has 0 radical (unpaired) electrons. The third-order valence-corrected chi connectivity index (χ3v) is 3.46. The molecular formula is C11H12BrNO2. The van der Waals surface area contributed by atoms with E-state index in [0.29, 0.717) is 11.6 Å². The van der Waals surface area contributed by atoms with Gasteiger partial charge in [-0.25, -0.2) is 4.79 Å². The standard InChI is InChI=1S/C11H12BrNO2/c1-7-5-6-13(7)10-8(11(14)15)3-2-4-9(10)12/h2-4,7H,5-6H2,1H3,(H,14,15). The van der Waals surface area contributed by atoms with Gasteiger partial charge in [-0.15, -0.1) is 0 Å². The van der Waals surface area contributed by atoms with E-state index >= 15 is 0 Å². The van der Waals surface area contributed by atoms with Crippen molar-refractivity contribution < 1.29 is 9.90 Å². The number of carboxylic acids is 1. The maximum Gasteiger partial charge on any atom is 0.337 e. The molecule has 3 nitrogen and oxygen atoms in total. The summed E-state index contributed by atoms with van der Waals surface area (Å²) in [5.74, 6) is -0.870. The summed E-state index contributed by atoms with van der Waals surface area (Å²) in [6.07, 6.45) is 1.13. The van der Waals surface area contributed by atoms with Crippen LogP contribution in [0.25, 0.3) is 0 Å². The Bertz CT molecular complexity index is 406. The topological polar surface area (TPSA) is 40.5 Å². The molecule has 1 N–H and O–H groups in total. The first-order valence-electron chi connectivity index (χ1n) is 4.89. The first-order chi connectivity index (χ1) is 7.11. The van der Waals surface area contributed by atoms with E-state index in [1.165, 1.54) is 0 Å². The Morgan fingerprint density at radius 3 is 2.80 bits per heavy atom. The number of rotatable bonds is 2. The zero-order chi connectivity index (χ0) is 11.0. The average Bonchev–Trinajstić information content (AvgIpc) is 2.18. The first kappa shape index (κ1) is 10.5. The second-order valence-corrected chi connectivity index (χ2v) is 4.63. The Morgan fingerprint density at radius 2 is 2.33 bits per heavy atom. The molecule has 0 bridgehead atoms. The van der Waals surface area contributed by atoms with Crippen molar-refractivity contribution in [2.45, 2.75) is 19.4 Å². The molecule has 4 heteroatoms. The Labute approximate surface area is 96.8 Å². The molecule has 1 aliphatic rings. The molecule has 0 spiro atoms. The Kier molecular flexibility index (Phi) is 2.69. The van der Waals surface area contributed by atoms with Crippen molar-refractivity contribution in [3.8, 4) is 0 Å². The van der Waals surface area contributed by atoms with E-state index < -0.39 is 5.97 Å². The molecular weight excluding hydrogens is 258 g/mol. The fraction of sp³-hybridized carbons (Fsp3) is 0.364. The number of benzene rings is 1. The highest BCUT2D eigenvalue weighted by molar-refractivity contribution is 9.10. The number of anilines is 1. The quantitative estimate of drug-likeness (QED) is 0.898.